The molecule has 0 saturated carbocycles. The molecule has 3 unspecified atom stereocenters. The van der Waals surface area contributed by atoms with Gasteiger partial charge in [-0.2, -0.15) is 0 Å². The second kappa shape index (κ2) is 5.59. The van der Waals surface area contributed by atoms with Gasteiger partial charge in [0.1, 0.15) is 5.82 Å². The van der Waals surface area contributed by atoms with E-state index in [-0.39, 0.29) is 5.82 Å². The van der Waals surface area contributed by atoms with E-state index in [2.05, 4.69) is 18.7 Å². The number of benzene rings is 1. The predicted octanol–water partition coefficient (Wildman–Crippen LogP) is 3.00. The normalized spacial score (nSPS) is 28.6. The van der Waals surface area contributed by atoms with E-state index in [0.29, 0.717) is 18.0 Å². The highest BCUT2D eigenvalue weighted by Gasteiger charge is 2.30. The van der Waals surface area contributed by atoms with Crippen molar-refractivity contribution in [1.82, 2.24) is 4.90 Å². The van der Waals surface area contributed by atoms with Crippen LogP contribution in [-0.2, 0) is 6.54 Å². The fourth-order valence-corrected chi connectivity index (χ4v) is 3.06. The molecule has 3 heteroatoms. The molecule has 1 aliphatic rings. The van der Waals surface area contributed by atoms with Gasteiger partial charge in [0.2, 0.25) is 0 Å². The lowest BCUT2D eigenvalue weighted by Crippen LogP contribution is -2.51. The van der Waals surface area contributed by atoms with Crippen molar-refractivity contribution < 1.29 is 4.39 Å². The zero-order valence-corrected chi connectivity index (χ0v) is 12.4. The molecule has 2 rings (SSSR count). The second-order valence-corrected chi connectivity index (χ2v) is 6.07. The molecule has 2 N–H and O–H groups in total. The summed E-state index contributed by atoms with van der Waals surface area (Å²) in [5.41, 5.74) is 8.80. The highest BCUT2D eigenvalue weighted by molar-refractivity contribution is 5.30. The number of nitrogens with two attached hydrogens (primary N) is 1. The Balaban J connectivity index is 2.13. The molecule has 1 fully saturated rings. The number of likely N-dealkylation sites (tertiary alicyclic amines) is 1. The van der Waals surface area contributed by atoms with Crippen LogP contribution in [0.25, 0.3) is 0 Å². The molecular weight excluding hydrogens is 239 g/mol. The Morgan fingerprint density at radius 1 is 1.26 bits per heavy atom. The first-order valence-electron chi connectivity index (χ1n) is 7.15. The molecule has 1 aliphatic heterocycles. The molecule has 2 nitrogen and oxygen atoms in total. The van der Waals surface area contributed by atoms with Crippen molar-refractivity contribution in [2.24, 2.45) is 11.7 Å². The Labute approximate surface area is 115 Å². The molecule has 1 aromatic carbocycles. The largest absolute Gasteiger partial charge is 0.327 e. The maximum atomic E-state index is 13.6. The minimum Gasteiger partial charge on any atom is -0.327 e. The van der Waals surface area contributed by atoms with E-state index in [1.807, 2.05) is 26.0 Å². The molecule has 0 radical (unpaired) electrons. The first-order valence-corrected chi connectivity index (χ1v) is 7.15. The van der Waals surface area contributed by atoms with E-state index in [4.69, 9.17) is 5.73 Å². The zero-order valence-electron chi connectivity index (χ0n) is 12.4. The maximum absolute atomic E-state index is 13.6. The summed E-state index contributed by atoms with van der Waals surface area (Å²) >= 11 is 0. The zero-order chi connectivity index (χ0) is 14.2. The van der Waals surface area contributed by atoms with Crippen LogP contribution in [0.5, 0.6) is 0 Å². The van der Waals surface area contributed by atoms with Gasteiger partial charge in [-0.1, -0.05) is 19.1 Å². The first-order chi connectivity index (χ1) is 8.90. The number of halogens is 1. The van der Waals surface area contributed by atoms with E-state index >= 15 is 0 Å². The van der Waals surface area contributed by atoms with Gasteiger partial charge in [-0.3, -0.25) is 4.90 Å². The summed E-state index contributed by atoms with van der Waals surface area (Å²) in [5, 5.41) is 0. The van der Waals surface area contributed by atoms with E-state index in [9.17, 15) is 4.39 Å². The maximum Gasteiger partial charge on any atom is 0.129 e. The van der Waals surface area contributed by atoms with E-state index in [0.717, 1.165) is 30.6 Å². The van der Waals surface area contributed by atoms with Crippen LogP contribution in [0.4, 0.5) is 4.39 Å². The van der Waals surface area contributed by atoms with Gasteiger partial charge in [0.05, 0.1) is 0 Å². The second-order valence-electron chi connectivity index (χ2n) is 6.07. The standard InChI is InChI=1S/C16H25FN2/c1-10-7-14(8-11(2)16(10)17)9-19-6-5-15(18)12(3)13(19)4/h7-8,12-13,15H,5-6,9,18H2,1-4H3. The van der Waals surface area contributed by atoms with Crippen LogP contribution in [0, 0.1) is 25.6 Å². The lowest BCUT2D eigenvalue weighted by atomic mass is 9.87. The van der Waals surface area contributed by atoms with Gasteiger partial charge >= 0.3 is 0 Å². The third kappa shape index (κ3) is 2.98. The average molecular weight is 264 g/mol. The number of nitrogens with zero attached hydrogens (tertiary/aromatic N) is 1. The van der Waals surface area contributed by atoms with Crippen molar-refractivity contribution >= 4 is 0 Å². The SMILES string of the molecule is Cc1cc(CN2CCC(N)C(C)C2C)cc(C)c1F. The van der Waals surface area contributed by atoms with Crippen molar-refractivity contribution in [3.63, 3.8) is 0 Å². The molecule has 1 saturated heterocycles. The summed E-state index contributed by atoms with van der Waals surface area (Å²) in [4.78, 5) is 2.46. The van der Waals surface area contributed by atoms with Crippen molar-refractivity contribution in [3.05, 3.63) is 34.6 Å². The summed E-state index contributed by atoms with van der Waals surface area (Å²) < 4.78 is 13.6. The van der Waals surface area contributed by atoms with Crippen LogP contribution in [0.1, 0.15) is 37.0 Å². The molecule has 0 bridgehead atoms. The van der Waals surface area contributed by atoms with Gasteiger partial charge in [0.25, 0.3) is 0 Å². The lowest BCUT2D eigenvalue weighted by molar-refractivity contribution is 0.0910. The molecule has 106 valence electrons. The Morgan fingerprint density at radius 2 is 1.84 bits per heavy atom. The topological polar surface area (TPSA) is 29.3 Å². The third-order valence-corrected chi connectivity index (χ3v) is 4.64. The van der Waals surface area contributed by atoms with Crippen molar-refractivity contribution in [2.45, 2.75) is 52.7 Å². The van der Waals surface area contributed by atoms with Gasteiger partial charge in [0, 0.05) is 25.2 Å². The molecule has 0 aromatic heterocycles. The minimum atomic E-state index is -0.0779. The predicted molar refractivity (Wildman–Crippen MR) is 77.5 cm³/mol. The summed E-state index contributed by atoms with van der Waals surface area (Å²) in [5.74, 6) is 0.433. The molecule has 0 aliphatic carbocycles. The molecule has 1 heterocycles. The monoisotopic (exact) mass is 264 g/mol. The molecule has 19 heavy (non-hydrogen) atoms. The molecular formula is C16H25FN2. The Hall–Kier alpha value is -0.930. The smallest absolute Gasteiger partial charge is 0.129 e. The fraction of sp³-hybridized carbons (Fsp3) is 0.625. The highest BCUT2D eigenvalue weighted by Crippen LogP contribution is 2.25. The number of aryl methyl sites for hydroxylation is 2. The quantitative estimate of drug-likeness (QED) is 0.889. The van der Waals surface area contributed by atoms with Gasteiger partial charge in [0.15, 0.2) is 0 Å². The van der Waals surface area contributed by atoms with E-state index in [1.54, 1.807) is 0 Å². The molecule has 3 atom stereocenters. The van der Waals surface area contributed by atoms with Crippen molar-refractivity contribution in [1.29, 1.82) is 0 Å². The number of piperidine rings is 1. The summed E-state index contributed by atoms with van der Waals surface area (Å²) in [7, 11) is 0. The van der Waals surface area contributed by atoms with Gasteiger partial charge < -0.3 is 5.73 Å². The van der Waals surface area contributed by atoms with Crippen LogP contribution in [-0.4, -0.2) is 23.5 Å². The van der Waals surface area contributed by atoms with E-state index < -0.39 is 0 Å². The summed E-state index contributed by atoms with van der Waals surface area (Å²) in [6, 6.07) is 4.72. The van der Waals surface area contributed by atoms with E-state index in [1.165, 1.54) is 5.56 Å². The van der Waals surface area contributed by atoms with Gasteiger partial charge in [-0.25, -0.2) is 4.39 Å². The molecule has 0 amide bonds. The van der Waals surface area contributed by atoms with Gasteiger partial charge in [-0.05, 0) is 49.8 Å². The van der Waals surface area contributed by atoms with Crippen LogP contribution < -0.4 is 5.73 Å². The average Bonchev–Trinajstić information content (AvgIpc) is 2.36. The Kier molecular flexibility index (Phi) is 4.26. The molecule has 1 aromatic rings. The van der Waals surface area contributed by atoms with Crippen LogP contribution in [0.3, 0.4) is 0 Å². The van der Waals surface area contributed by atoms with Crippen LogP contribution >= 0.6 is 0 Å². The lowest BCUT2D eigenvalue weighted by Gasteiger charge is -2.41. The number of hydrogen-bond acceptors (Lipinski definition) is 2. The van der Waals surface area contributed by atoms with Crippen LogP contribution in [0.2, 0.25) is 0 Å². The van der Waals surface area contributed by atoms with Crippen molar-refractivity contribution in [2.75, 3.05) is 6.54 Å². The first kappa shape index (κ1) is 14.5. The number of hydrogen-bond donors (Lipinski definition) is 1. The fourth-order valence-electron chi connectivity index (χ4n) is 3.06. The number of rotatable bonds is 2. The van der Waals surface area contributed by atoms with Crippen LogP contribution in [0.15, 0.2) is 12.1 Å². The highest BCUT2D eigenvalue weighted by atomic mass is 19.1. The Morgan fingerprint density at radius 3 is 2.42 bits per heavy atom. The summed E-state index contributed by atoms with van der Waals surface area (Å²) in [6.45, 7) is 10.1. The third-order valence-electron chi connectivity index (χ3n) is 4.64. The van der Waals surface area contributed by atoms with Gasteiger partial charge in [-0.15, -0.1) is 0 Å². The summed E-state index contributed by atoms with van der Waals surface area (Å²) in [6.07, 6.45) is 1.05. The van der Waals surface area contributed by atoms with Crippen molar-refractivity contribution in [3.8, 4) is 0 Å². The molecule has 0 spiro atoms. The minimum absolute atomic E-state index is 0.0779. The Bertz CT molecular complexity index is 435.